The van der Waals surface area contributed by atoms with Crippen molar-refractivity contribution in [2.75, 3.05) is 18.5 Å². The van der Waals surface area contributed by atoms with Gasteiger partial charge in [-0.25, -0.2) is 0 Å². The Bertz CT molecular complexity index is 763. The van der Waals surface area contributed by atoms with Crippen LogP contribution in [-0.4, -0.2) is 51.6 Å². The molecule has 2 bridgehead atoms. The lowest BCUT2D eigenvalue weighted by Crippen LogP contribution is -2.51. The van der Waals surface area contributed by atoms with E-state index in [0.717, 1.165) is 44.0 Å². The second kappa shape index (κ2) is 7.44. The summed E-state index contributed by atoms with van der Waals surface area (Å²) in [5.74, 6) is 2.35. The molecule has 3 saturated heterocycles. The summed E-state index contributed by atoms with van der Waals surface area (Å²) in [5, 5.41) is 14.3. The van der Waals surface area contributed by atoms with Crippen LogP contribution in [-0.2, 0) is 4.74 Å². The zero-order valence-electron chi connectivity index (χ0n) is 15.4. The van der Waals surface area contributed by atoms with Crippen molar-refractivity contribution in [2.24, 2.45) is 0 Å². The molecule has 0 radical (unpaired) electrons. The Kier molecular flexibility index (Phi) is 4.67. The molecule has 8 nitrogen and oxygen atoms in total. The van der Waals surface area contributed by atoms with Gasteiger partial charge in [0.15, 0.2) is 11.6 Å². The fourth-order valence-electron chi connectivity index (χ4n) is 4.47. The Morgan fingerprint density at radius 3 is 2.81 bits per heavy atom. The van der Waals surface area contributed by atoms with Gasteiger partial charge in [-0.2, -0.15) is 10.1 Å². The largest absolute Gasteiger partial charge is 0.473 e. The predicted octanol–water partition coefficient (Wildman–Crippen LogP) is 2.50. The second-order valence-electron chi connectivity index (χ2n) is 7.84. The third kappa shape index (κ3) is 3.91. The smallest absolute Gasteiger partial charge is 0.234 e. The number of piperidine rings is 2. The van der Waals surface area contributed by atoms with E-state index < -0.39 is 0 Å². The first-order valence-corrected chi connectivity index (χ1v) is 9.96. The molecule has 0 aromatic carbocycles. The topological polar surface area (TPSA) is 97.0 Å². The molecule has 1 unspecified atom stereocenters. The molecule has 144 valence electrons. The van der Waals surface area contributed by atoms with Gasteiger partial charge in [-0.1, -0.05) is 6.42 Å². The standard InChI is InChI=1S/C19H26N6O2/c1-2-13-6-15(7-14(3-1)21-13)27-19-10-20-9-18(23-19)22-17-8-16(24-25-17)12-4-5-26-11-12/h8-10,12-15,21H,1-7,11H2,(H2,22,23,24,25)/t12-,13-,14+,15?/m1/s1. The van der Waals surface area contributed by atoms with Gasteiger partial charge in [0.1, 0.15) is 6.10 Å². The van der Waals surface area contributed by atoms with Crippen molar-refractivity contribution in [2.45, 2.75) is 62.6 Å². The highest BCUT2D eigenvalue weighted by Gasteiger charge is 2.32. The van der Waals surface area contributed by atoms with Crippen molar-refractivity contribution in [3.8, 4) is 5.88 Å². The van der Waals surface area contributed by atoms with Crippen LogP contribution in [0.1, 0.15) is 50.1 Å². The van der Waals surface area contributed by atoms with E-state index in [0.29, 0.717) is 29.7 Å². The van der Waals surface area contributed by atoms with Gasteiger partial charge in [0.05, 0.1) is 19.0 Å². The first kappa shape index (κ1) is 16.9. The quantitative estimate of drug-likeness (QED) is 0.744. The zero-order chi connectivity index (χ0) is 18.1. The van der Waals surface area contributed by atoms with Crippen LogP contribution in [0.4, 0.5) is 11.6 Å². The summed E-state index contributed by atoms with van der Waals surface area (Å²) in [6.45, 7) is 1.57. The van der Waals surface area contributed by atoms with Crippen LogP contribution in [0.25, 0.3) is 0 Å². The molecule has 0 amide bonds. The predicted molar refractivity (Wildman–Crippen MR) is 100 cm³/mol. The number of aromatic nitrogens is 4. The molecule has 2 aromatic heterocycles. The minimum absolute atomic E-state index is 0.213. The number of nitrogens with one attached hydrogen (secondary N) is 3. The summed E-state index contributed by atoms with van der Waals surface area (Å²) >= 11 is 0. The average Bonchev–Trinajstić information content (AvgIpc) is 3.33. The van der Waals surface area contributed by atoms with Crippen LogP contribution >= 0.6 is 0 Å². The van der Waals surface area contributed by atoms with Crippen molar-refractivity contribution >= 4 is 11.6 Å². The average molecular weight is 370 g/mol. The summed E-state index contributed by atoms with van der Waals surface area (Å²) < 4.78 is 11.6. The lowest BCUT2D eigenvalue weighted by atomic mass is 9.85. The summed E-state index contributed by atoms with van der Waals surface area (Å²) in [4.78, 5) is 8.85. The number of ether oxygens (including phenoxy) is 2. The van der Waals surface area contributed by atoms with E-state index in [4.69, 9.17) is 9.47 Å². The van der Waals surface area contributed by atoms with E-state index in [1.165, 1.54) is 19.3 Å². The molecular formula is C19H26N6O2. The van der Waals surface area contributed by atoms with Gasteiger partial charge in [-0.3, -0.25) is 10.1 Å². The van der Waals surface area contributed by atoms with Crippen LogP contribution in [0.15, 0.2) is 18.5 Å². The van der Waals surface area contributed by atoms with Gasteiger partial charge >= 0.3 is 0 Å². The number of hydrogen-bond donors (Lipinski definition) is 3. The highest BCUT2D eigenvalue weighted by molar-refractivity contribution is 5.51. The van der Waals surface area contributed by atoms with E-state index in [9.17, 15) is 0 Å². The molecule has 0 aliphatic carbocycles. The van der Waals surface area contributed by atoms with Crippen molar-refractivity contribution in [1.29, 1.82) is 0 Å². The van der Waals surface area contributed by atoms with Crippen molar-refractivity contribution in [3.05, 3.63) is 24.2 Å². The molecule has 3 aliphatic heterocycles. The summed E-state index contributed by atoms with van der Waals surface area (Å²) in [7, 11) is 0. The van der Waals surface area contributed by atoms with Crippen molar-refractivity contribution in [1.82, 2.24) is 25.5 Å². The first-order chi connectivity index (χ1) is 13.3. The number of anilines is 2. The molecule has 2 aromatic rings. The fraction of sp³-hybridized carbons (Fsp3) is 0.632. The monoisotopic (exact) mass is 370 g/mol. The highest BCUT2D eigenvalue weighted by Crippen LogP contribution is 2.29. The normalized spacial score (nSPS) is 30.2. The number of aromatic amines is 1. The second-order valence-corrected chi connectivity index (χ2v) is 7.84. The molecule has 27 heavy (non-hydrogen) atoms. The Morgan fingerprint density at radius 1 is 1.11 bits per heavy atom. The van der Waals surface area contributed by atoms with Crippen LogP contribution < -0.4 is 15.4 Å². The first-order valence-electron chi connectivity index (χ1n) is 9.96. The third-order valence-corrected chi connectivity index (χ3v) is 5.79. The van der Waals surface area contributed by atoms with Crippen LogP contribution in [0.3, 0.4) is 0 Å². The number of H-pyrrole nitrogens is 1. The SMILES string of the molecule is c1ncc(OC2C[C@H]3CCC[C@@H](C2)N3)nc1Nc1cc([C@@H]2CCOC2)[nH]n1. The maximum Gasteiger partial charge on any atom is 0.234 e. The molecule has 3 N–H and O–H groups in total. The van der Waals surface area contributed by atoms with E-state index in [-0.39, 0.29) is 6.10 Å². The molecule has 3 fully saturated rings. The highest BCUT2D eigenvalue weighted by atomic mass is 16.5. The third-order valence-electron chi connectivity index (χ3n) is 5.79. The van der Waals surface area contributed by atoms with Crippen LogP contribution in [0.2, 0.25) is 0 Å². The molecule has 5 rings (SSSR count). The number of fused-ring (bicyclic) bond motifs is 2. The minimum atomic E-state index is 0.213. The Labute approximate surface area is 158 Å². The van der Waals surface area contributed by atoms with Gasteiger partial charge in [-0.05, 0) is 32.1 Å². The Hall–Kier alpha value is -2.19. The zero-order valence-corrected chi connectivity index (χ0v) is 15.4. The van der Waals surface area contributed by atoms with Crippen LogP contribution in [0, 0.1) is 0 Å². The van der Waals surface area contributed by atoms with Gasteiger partial charge < -0.3 is 20.1 Å². The van der Waals surface area contributed by atoms with Gasteiger partial charge in [0, 0.05) is 36.4 Å². The summed E-state index contributed by atoms with van der Waals surface area (Å²) in [6, 6.07) is 3.18. The van der Waals surface area contributed by atoms with Gasteiger partial charge in [-0.15, -0.1) is 0 Å². The summed E-state index contributed by atoms with van der Waals surface area (Å²) in [6.07, 6.45) is 10.5. The van der Waals surface area contributed by atoms with Gasteiger partial charge in [0.2, 0.25) is 5.88 Å². The van der Waals surface area contributed by atoms with Crippen molar-refractivity contribution < 1.29 is 9.47 Å². The van der Waals surface area contributed by atoms with Crippen LogP contribution in [0.5, 0.6) is 5.88 Å². The Balaban J connectivity index is 1.23. The molecule has 5 heterocycles. The van der Waals surface area contributed by atoms with E-state index >= 15 is 0 Å². The lowest BCUT2D eigenvalue weighted by Gasteiger charge is -2.39. The van der Waals surface area contributed by atoms with E-state index in [1.807, 2.05) is 6.07 Å². The molecule has 8 heteroatoms. The molecule has 0 saturated carbocycles. The molecule has 3 aliphatic rings. The molecule has 4 atom stereocenters. The maximum absolute atomic E-state index is 6.16. The number of hydrogen-bond acceptors (Lipinski definition) is 7. The fourth-order valence-corrected chi connectivity index (χ4v) is 4.47. The summed E-state index contributed by atoms with van der Waals surface area (Å²) in [5.41, 5.74) is 1.09. The molecular weight excluding hydrogens is 344 g/mol. The number of nitrogens with zero attached hydrogens (tertiary/aromatic N) is 3. The van der Waals surface area contributed by atoms with E-state index in [2.05, 4.69) is 30.8 Å². The van der Waals surface area contributed by atoms with Crippen molar-refractivity contribution in [3.63, 3.8) is 0 Å². The maximum atomic E-state index is 6.16. The van der Waals surface area contributed by atoms with E-state index in [1.54, 1.807) is 12.4 Å². The lowest BCUT2D eigenvalue weighted by molar-refractivity contribution is 0.0887. The number of rotatable bonds is 5. The Morgan fingerprint density at radius 2 is 2.00 bits per heavy atom. The van der Waals surface area contributed by atoms with Gasteiger partial charge in [0.25, 0.3) is 0 Å². The minimum Gasteiger partial charge on any atom is -0.473 e. The molecule has 0 spiro atoms.